The van der Waals surface area contributed by atoms with Gasteiger partial charge in [0.15, 0.2) is 5.84 Å². The average molecular weight is 286 g/mol. The Labute approximate surface area is 118 Å². The average Bonchev–Trinajstić information content (AvgIpc) is 2.40. The molecular formula is C13H20ClN3O2. The summed E-state index contributed by atoms with van der Waals surface area (Å²) in [5, 5.41) is 24.8. The van der Waals surface area contributed by atoms with Gasteiger partial charge in [-0.15, -0.1) is 0 Å². The minimum Gasteiger partial charge on any atom is -0.409 e. The number of benzene rings is 1. The van der Waals surface area contributed by atoms with Crippen LogP contribution in [-0.2, 0) is 6.54 Å². The lowest BCUT2D eigenvalue weighted by atomic mass is 10.1. The fraction of sp³-hybridized carbons (Fsp3) is 0.462. The molecule has 6 heteroatoms. The summed E-state index contributed by atoms with van der Waals surface area (Å²) in [4.78, 5) is 0. The van der Waals surface area contributed by atoms with Crippen molar-refractivity contribution in [2.24, 2.45) is 10.9 Å². The Balaban J connectivity index is 2.56. The zero-order valence-electron chi connectivity index (χ0n) is 10.9. The molecule has 1 aromatic rings. The number of aliphatic hydroxyl groups is 1. The maximum Gasteiger partial charge on any atom is 0.170 e. The second kappa shape index (κ2) is 7.99. The first-order chi connectivity index (χ1) is 9.08. The molecule has 5 nitrogen and oxygen atoms in total. The third-order valence-corrected chi connectivity index (χ3v) is 3.13. The number of nitrogens with two attached hydrogens (primary N) is 1. The summed E-state index contributed by atoms with van der Waals surface area (Å²) in [7, 11) is 0. The summed E-state index contributed by atoms with van der Waals surface area (Å²) in [6, 6.07) is 5.20. The SMILES string of the molecule is CCCC(O)CNCc1ccc(/C(N)=N/O)cc1Cl. The molecule has 0 radical (unpaired) electrons. The van der Waals surface area contributed by atoms with Crippen LogP contribution >= 0.6 is 11.6 Å². The van der Waals surface area contributed by atoms with Crippen molar-refractivity contribution in [3.63, 3.8) is 0 Å². The molecule has 0 fully saturated rings. The Hall–Kier alpha value is -1.30. The van der Waals surface area contributed by atoms with Crippen LogP contribution in [0, 0.1) is 0 Å². The normalized spacial score (nSPS) is 13.5. The van der Waals surface area contributed by atoms with Gasteiger partial charge in [-0.25, -0.2) is 0 Å². The van der Waals surface area contributed by atoms with E-state index in [0.717, 1.165) is 18.4 Å². The molecular weight excluding hydrogens is 266 g/mol. The summed E-state index contributed by atoms with van der Waals surface area (Å²) >= 11 is 6.11. The van der Waals surface area contributed by atoms with Gasteiger partial charge in [-0.2, -0.15) is 0 Å². The van der Waals surface area contributed by atoms with Gasteiger partial charge in [0, 0.05) is 23.7 Å². The molecule has 0 bridgehead atoms. The predicted octanol–water partition coefficient (Wildman–Crippen LogP) is 1.69. The number of amidine groups is 1. The molecule has 0 heterocycles. The minimum absolute atomic E-state index is 0.0276. The first-order valence-electron chi connectivity index (χ1n) is 6.23. The van der Waals surface area contributed by atoms with E-state index in [4.69, 9.17) is 22.5 Å². The third kappa shape index (κ3) is 5.06. The molecule has 1 atom stereocenters. The molecule has 1 rings (SSSR count). The molecule has 0 aliphatic heterocycles. The van der Waals surface area contributed by atoms with Crippen LogP contribution in [0.3, 0.4) is 0 Å². The standard InChI is InChI=1S/C13H20ClN3O2/c1-2-3-11(18)8-16-7-10-5-4-9(6-12(10)14)13(15)17-19/h4-6,11,16,18-19H,2-3,7-8H2,1H3,(H2,15,17). The van der Waals surface area contributed by atoms with Gasteiger partial charge in [0.05, 0.1) is 6.10 Å². The van der Waals surface area contributed by atoms with Gasteiger partial charge in [-0.3, -0.25) is 0 Å². The highest BCUT2D eigenvalue weighted by Gasteiger charge is 2.06. The zero-order valence-corrected chi connectivity index (χ0v) is 11.7. The van der Waals surface area contributed by atoms with Crippen molar-refractivity contribution >= 4 is 17.4 Å². The van der Waals surface area contributed by atoms with Gasteiger partial charge in [-0.1, -0.05) is 42.2 Å². The van der Waals surface area contributed by atoms with Crippen molar-refractivity contribution in [1.29, 1.82) is 0 Å². The summed E-state index contributed by atoms with van der Waals surface area (Å²) < 4.78 is 0. The van der Waals surface area contributed by atoms with E-state index in [0.29, 0.717) is 23.7 Å². The second-order valence-electron chi connectivity index (χ2n) is 4.36. The molecule has 19 heavy (non-hydrogen) atoms. The number of oxime groups is 1. The largest absolute Gasteiger partial charge is 0.409 e. The van der Waals surface area contributed by atoms with Crippen molar-refractivity contribution < 1.29 is 10.3 Å². The fourth-order valence-electron chi connectivity index (χ4n) is 1.72. The Morgan fingerprint density at radius 3 is 2.84 bits per heavy atom. The molecule has 1 aromatic carbocycles. The van der Waals surface area contributed by atoms with Crippen LogP contribution in [0.1, 0.15) is 30.9 Å². The molecule has 0 saturated carbocycles. The lowest BCUT2D eigenvalue weighted by Crippen LogP contribution is -2.26. The Morgan fingerprint density at radius 2 is 2.26 bits per heavy atom. The van der Waals surface area contributed by atoms with Gasteiger partial charge in [0.1, 0.15) is 0 Å². The van der Waals surface area contributed by atoms with E-state index in [1.54, 1.807) is 12.1 Å². The number of halogens is 1. The van der Waals surface area contributed by atoms with E-state index in [1.165, 1.54) is 0 Å². The first-order valence-corrected chi connectivity index (χ1v) is 6.61. The summed E-state index contributed by atoms with van der Waals surface area (Å²) in [6.45, 7) is 3.13. The van der Waals surface area contributed by atoms with E-state index >= 15 is 0 Å². The lowest BCUT2D eigenvalue weighted by Gasteiger charge is -2.12. The predicted molar refractivity (Wildman–Crippen MR) is 76.6 cm³/mol. The van der Waals surface area contributed by atoms with E-state index in [2.05, 4.69) is 10.5 Å². The molecule has 0 spiro atoms. The number of aliphatic hydroxyl groups excluding tert-OH is 1. The topological polar surface area (TPSA) is 90.9 Å². The van der Waals surface area contributed by atoms with E-state index in [9.17, 15) is 5.11 Å². The van der Waals surface area contributed by atoms with Gasteiger partial charge >= 0.3 is 0 Å². The second-order valence-corrected chi connectivity index (χ2v) is 4.77. The Bertz CT molecular complexity index is 438. The van der Waals surface area contributed by atoms with Gasteiger partial charge in [0.25, 0.3) is 0 Å². The maximum absolute atomic E-state index is 9.59. The van der Waals surface area contributed by atoms with Gasteiger partial charge in [0.2, 0.25) is 0 Å². The van der Waals surface area contributed by atoms with Crippen molar-refractivity contribution in [3.8, 4) is 0 Å². The van der Waals surface area contributed by atoms with Gasteiger partial charge in [-0.05, 0) is 18.1 Å². The summed E-state index contributed by atoms with van der Waals surface area (Å²) in [6.07, 6.45) is 1.40. The first kappa shape index (κ1) is 15.8. The number of nitrogens with one attached hydrogen (secondary N) is 1. The quantitative estimate of drug-likeness (QED) is 0.265. The lowest BCUT2D eigenvalue weighted by molar-refractivity contribution is 0.160. The van der Waals surface area contributed by atoms with Crippen LogP contribution in [0.2, 0.25) is 5.02 Å². The molecule has 0 amide bonds. The highest BCUT2D eigenvalue weighted by molar-refractivity contribution is 6.31. The van der Waals surface area contributed by atoms with Crippen molar-refractivity contribution in [1.82, 2.24) is 5.32 Å². The highest BCUT2D eigenvalue weighted by atomic mass is 35.5. The Kier molecular flexibility index (Phi) is 6.62. The zero-order chi connectivity index (χ0) is 14.3. The molecule has 0 saturated heterocycles. The number of rotatable bonds is 7. The summed E-state index contributed by atoms with van der Waals surface area (Å²) in [5.74, 6) is 0.0276. The third-order valence-electron chi connectivity index (χ3n) is 2.77. The maximum atomic E-state index is 9.59. The number of hydrogen-bond donors (Lipinski definition) is 4. The van der Waals surface area contributed by atoms with Crippen LogP contribution < -0.4 is 11.1 Å². The molecule has 5 N–H and O–H groups in total. The van der Waals surface area contributed by atoms with E-state index in [-0.39, 0.29) is 11.9 Å². The van der Waals surface area contributed by atoms with Crippen LogP contribution in [0.5, 0.6) is 0 Å². The minimum atomic E-state index is -0.333. The van der Waals surface area contributed by atoms with Crippen molar-refractivity contribution in [3.05, 3.63) is 34.3 Å². The van der Waals surface area contributed by atoms with Crippen molar-refractivity contribution in [2.45, 2.75) is 32.4 Å². The van der Waals surface area contributed by atoms with Gasteiger partial charge < -0.3 is 21.4 Å². The molecule has 1 unspecified atom stereocenters. The summed E-state index contributed by atoms with van der Waals surface area (Å²) in [5.41, 5.74) is 6.95. The number of nitrogens with zero attached hydrogens (tertiary/aromatic N) is 1. The van der Waals surface area contributed by atoms with E-state index in [1.807, 2.05) is 13.0 Å². The van der Waals surface area contributed by atoms with Crippen LogP contribution in [0.4, 0.5) is 0 Å². The fourth-order valence-corrected chi connectivity index (χ4v) is 1.96. The Morgan fingerprint density at radius 1 is 1.53 bits per heavy atom. The van der Waals surface area contributed by atoms with Crippen LogP contribution in [0.15, 0.2) is 23.4 Å². The number of hydrogen-bond acceptors (Lipinski definition) is 4. The molecule has 0 aliphatic carbocycles. The highest BCUT2D eigenvalue weighted by Crippen LogP contribution is 2.17. The van der Waals surface area contributed by atoms with E-state index < -0.39 is 0 Å². The van der Waals surface area contributed by atoms with Crippen LogP contribution in [-0.4, -0.2) is 28.8 Å². The van der Waals surface area contributed by atoms with Crippen LogP contribution in [0.25, 0.3) is 0 Å². The monoisotopic (exact) mass is 285 g/mol. The van der Waals surface area contributed by atoms with Crippen molar-refractivity contribution in [2.75, 3.05) is 6.54 Å². The molecule has 0 aliphatic rings. The molecule has 106 valence electrons. The smallest absolute Gasteiger partial charge is 0.170 e. The molecule has 0 aromatic heterocycles.